The molecule has 0 spiro atoms. The molecule has 0 bridgehead atoms. The van der Waals surface area contributed by atoms with E-state index in [1.165, 1.54) is 32.1 Å². The van der Waals surface area contributed by atoms with Gasteiger partial charge in [-0.3, -0.25) is 4.79 Å². The lowest BCUT2D eigenvalue weighted by molar-refractivity contribution is -0.137. The second kappa shape index (κ2) is 7.78. The number of amides is 1. The van der Waals surface area contributed by atoms with Crippen LogP contribution in [0.5, 0.6) is 0 Å². The molecule has 3 rings (SSSR count). The van der Waals surface area contributed by atoms with Crippen molar-refractivity contribution in [2.24, 2.45) is 5.92 Å². The Morgan fingerprint density at radius 1 is 0.773 bits per heavy atom. The van der Waals surface area contributed by atoms with Crippen LogP contribution in [0.25, 0.3) is 0 Å². The second-order valence-corrected chi connectivity index (χ2v) is 7.51. The van der Waals surface area contributed by atoms with Crippen molar-refractivity contribution < 1.29 is 9.90 Å². The van der Waals surface area contributed by atoms with E-state index >= 15 is 0 Å². The SMILES string of the molecule is O=C(C1CCN(C2CCCCC2)CC1)N1CCC[C@H](O)CC1. The molecule has 4 heteroatoms. The van der Waals surface area contributed by atoms with Gasteiger partial charge in [-0.2, -0.15) is 0 Å². The minimum Gasteiger partial charge on any atom is -0.393 e. The topological polar surface area (TPSA) is 43.8 Å². The Labute approximate surface area is 134 Å². The zero-order valence-corrected chi connectivity index (χ0v) is 13.9. The van der Waals surface area contributed by atoms with Crippen molar-refractivity contribution in [1.82, 2.24) is 9.80 Å². The highest BCUT2D eigenvalue weighted by molar-refractivity contribution is 5.79. The number of hydrogen-bond donors (Lipinski definition) is 1. The van der Waals surface area contributed by atoms with Crippen molar-refractivity contribution in [2.45, 2.75) is 76.4 Å². The molecule has 0 unspecified atom stereocenters. The van der Waals surface area contributed by atoms with Crippen LogP contribution in [-0.4, -0.2) is 59.1 Å². The van der Waals surface area contributed by atoms with Gasteiger partial charge in [-0.1, -0.05) is 19.3 Å². The first kappa shape index (κ1) is 16.3. The van der Waals surface area contributed by atoms with E-state index in [0.29, 0.717) is 5.91 Å². The van der Waals surface area contributed by atoms with Gasteiger partial charge in [0.15, 0.2) is 0 Å². The third-order valence-electron chi connectivity index (χ3n) is 5.98. The van der Waals surface area contributed by atoms with Crippen molar-refractivity contribution in [3.8, 4) is 0 Å². The number of piperidine rings is 1. The van der Waals surface area contributed by atoms with E-state index in [1.54, 1.807) is 0 Å². The Hall–Kier alpha value is -0.610. The fourth-order valence-electron chi connectivity index (χ4n) is 4.52. The summed E-state index contributed by atoms with van der Waals surface area (Å²) >= 11 is 0. The Bertz CT molecular complexity index is 360. The molecule has 22 heavy (non-hydrogen) atoms. The Balaban J connectivity index is 1.47. The van der Waals surface area contributed by atoms with E-state index in [1.807, 2.05) is 4.90 Å². The summed E-state index contributed by atoms with van der Waals surface area (Å²) in [4.78, 5) is 17.4. The second-order valence-electron chi connectivity index (χ2n) is 7.51. The molecule has 1 atom stereocenters. The number of rotatable bonds is 2. The molecule has 2 heterocycles. The van der Waals surface area contributed by atoms with Crippen LogP contribution in [-0.2, 0) is 4.79 Å². The maximum atomic E-state index is 12.7. The van der Waals surface area contributed by atoms with Gasteiger partial charge in [0.25, 0.3) is 0 Å². The van der Waals surface area contributed by atoms with Gasteiger partial charge in [0.2, 0.25) is 5.91 Å². The number of nitrogens with zero attached hydrogens (tertiary/aromatic N) is 2. The van der Waals surface area contributed by atoms with E-state index in [2.05, 4.69) is 4.90 Å². The van der Waals surface area contributed by atoms with E-state index in [-0.39, 0.29) is 12.0 Å². The predicted octanol–water partition coefficient (Wildman–Crippen LogP) is 2.40. The summed E-state index contributed by atoms with van der Waals surface area (Å²) in [6.45, 7) is 3.82. The summed E-state index contributed by atoms with van der Waals surface area (Å²) in [5, 5.41) is 9.73. The van der Waals surface area contributed by atoms with Gasteiger partial charge in [0.1, 0.15) is 0 Å². The first-order valence-corrected chi connectivity index (χ1v) is 9.45. The molecule has 4 nitrogen and oxygen atoms in total. The van der Waals surface area contributed by atoms with Crippen LogP contribution in [0.3, 0.4) is 0 Å². The molecule has 1 amide bonds. The van der Waals surface area contributed by atoms with Crippen LogP contribution in [0.2, 0.25) is 0 Å². The van der Waals surface area contributed by atoms with Crippen LogP contribution in [0.15, 0.2) is 0 Å². The van der Waals surface area contributed by atoms with E-state index in [0.717, 1.165) is 64.3 Å². The standard InChI is InChI=1S/C18H32N2O2/c21-17-7-4-11-20(14-10-17)18(22)15-8-12-19(13-9-15)16-5-2-1-3-6-16/h15-17,21H,1-14H2/t17-/m0/s1. The summed E-state index contributed by atoms with van der Waals surface area (Å²) in [6.07, 6.45) is 11.3. The third-order valence-corrected chi connectivity index (χ3v) is 5.98. The Morgan fingerprint density at radius 2 is 1.50 bits per heavy atom. The van der Waals surface area contributed by atoms with Crippen molar-refractivity contribution in [3.05, 3.63) is 0 Å². The maximum absolute atomic E-state index is 12.7. The lowest BCUT2D eigenvalue weighted by atomic mass is 9.89. The molecule has 2 saturated heterocycles. The molecular weight excluding hydrogens is 276 g/mol. The minimum atomic E-state index is -0.203. The van der Waals surface area contributed by atoms with Crippen molar-refractivity contribution >= 4 is 5.91 Å². The average Bonchev–Trinajstić information content (AvgIpc) is 2.80. The highest BCUT2D eigenvalue weighted by Crippen LogP contribution is 2.28. The van der Waals surface area contributed by atoms with Crippen LogP contribution in [0, 0.1) is 5.92 Å². The monoisotopic (exact) mass is 308 g/mol. The van der Waals surface area contributed by atoms with Gasteiger partial charge in [0.05, 0.1) is 6.10 Å². The molecule has 3 aliphatic rings. The fraction of sp³-hybridized carbons (Fsp3) is 0.944. The molecule has 1 N–H and O–H groups in total. The van der Waals surface area contributed by atoms with Gasteiger partial charge in [0, 0.05) is 25.0 Å². The third kappa shape index (κ3) is 4.02. The molecule has 0 aromatic rings. The maximum Gasteiger partial charge on any atom is 0.225 e. The zero-order chi connectivity index (χ0) is 15.4. The van der Waals surface area contributed by atoms with Crippen LogP contribution < -0.4 is 0 Å². The number of aliphatic hydroxyl groups is 1. The van der Waals surface area contributed by atoms with Crippen molar-refractivity contribution in [1.29, 1.82) is 0 Å². The average molecular weight is 308 g/mol. The summed E-state index contributed by atoms with van der Waals surface area (Å²) in [5.74, 6) is 0.590. The van der Waals surface area contributed by atoms with Gasteiger partial charge in [-0.25, -0.2) is 0 Å². The smallest absolute Gasteiger partial charge is 0.225 e. The normalized spacial score (nSPS) is 30.2. The van der Waals surface area contributed by atoms with Crippen LogP contribution in [0.4, 0.5) is 0 Å². The molecule has 1 aliphatic carbocycles. The zero-order valence-electron chi connectivity index (χ0n) is 13.9. The lowest BCUT2D eigenvalue weighted by Crippen LogP contribution is -2.46. The predicted molar refractivity (Wildman–Crippen MR) is 87.6 cm³/mol. The van der Waals surface area contributed by atoms with Crippen LogP contribution >= 0.6 is 0 Å². The highest BCUT2D eigenvalue weighted by Gasteiger charge is 2.32. The number of carbonyl (C=O) groups is 1. The van der Waals surface area contributed by atoms with Crippen molar-refractivity contribution in [3.63, 3.8) is 0 Å². The Morgan fingerprint density at radius 3 is 2.23 bits per heavy atom. The number of aliphatic hydroxyl groups excluding tert-OH is 1. The van der Waals surface area contributed by atoms with Gasteiger partial charge in [-0.05, 0) is 58.0 Å². The molecule has 0 radical (unpaired) electrons. The van der Waals surface area contributed by atoms with E-state index in [4.69, 9.17) is 0 Å². The van der Waals surface area contributed by atoms with Gasteiger partial charge >= 0.3 is 0 Å². The molecule has 3 fully saturated rings. The summed E-state index contributed by atoms with van der Waals surface area (Å²) in [6, 6.07) is 0.790. The van der Waals surface area contributed by atoms with E-state index < -0.39 is 0 Å². The molecule has 0 aromatic heterocycles. The fourth-order valence-corrected chi connectivity index (χ4v) is 4.52. The minimum absolute atomic E-state index is 0.203. The Kier molecular flexibility index (Phi) is 5.75. The molecular formula is C18H32N2O2. The largest absolute Gasteiger partial charge is 0.393 e. The number of carbonyl (C=O) groups excluding carboxylic acids is 1. The lowest BCUT2D eigenvalue weighted by Gasteiger charge is -2.39. The van der Waals surface area contributed by atoms with Gasteiger partial charge < -0.3 is 14.9 Å². The van der Waals surface area contributed by atoms with Crippen LogP contribution in [0.1, 0.15) is 64.2 Å². The summed E-state index contributed by atoms with van der Waals surface area (Å²) < 4.78 is 0. The first-order chi connectivity index (χ1) is 10.7. The molecule has 2 aliphatic heterocycles. The van der Waals surface area contributed by atoms with Gasteiger partial charge in [-0.15, -0.1) is 0 Å². The molecule has 126 valence electrons. The quantitative estimate of drug-likeness (QED) is 0.852. The first-order valence-electron chi connectivity index (χ1n) is 9.45. The summed E-state index contributed by atoms with van der Waals surface area (Å²) in [5.41, 5.74) is 0. The number of hydrogen-bond acceptors (Lipinski definition) is 3. The van der Waals surface area contributed by atoms with Crippen molar-refractivity contribution in [2.75, 3.05) is 26.2 Å². The number of likely N-dealkylation sites (tertiary alicyclic amines) is 2. The van der Waals surface area contributed by atoms with E-state index in [9.17, 15) is 9.90 Å². The molecule has 0 aromatic carbocycles. The summed E-state index contributed by atoms with van der Waals surface area (Å²) in [7, 11) is 0. The molecule has 1 saturated carbocycles. The highest BCUT2D eigenvalue weighted by atomic mass is 16.3.